The van der Waals surface area contributed by atoms with Gasteiger partial charge in [0.1, 0.15) is 0 Å². The molecule has 120 valence electrons. The second-order valence-corrected chi connectivity index (χ2v) is 6.31. The first-order valence-corrected chi connectivity index (χ1v) is 8.23. The Kier molecular flexibility index (Phi) is 4.62. The molecule has 0 spiro atoms. The van der Waals surface area contributed by atoms with Gasteiger partial charge in [-0.25, -0.2) is 0 Å². The first-order chi connectivity index (χ1) is 10.7. The van der Waals surface area contributed by atoms with Crippen LogP contribution in [0.3, 0.4) is 0 Å². The topological polar surface area (TPSA) is 58.2 Å². The standard InChI is InChI=1S/C17H25N3O2/c1-12-17(13(2)19-18-12)15-11-22-9-8-20(15)16(21)10-14-6-4-3-5-7-14/h6,15H,3-5,7-11H2,1-2H3,(H,18,19). The Bertz CT molecular complexity index is 557. The second kappa shape index (κ2) is 6.65. The molecule has 1 aliphatic heterocycles. The fraction of sp³-hybridized carbons (Fsp3) is 0.647. The van der Waals surface area contributed by atoms with E-state index in [2.05, 4.69) is 16.3 Å². The number of allylic oxidation sites excluding steroid dienone is 1. The van der Waals surface area contributed by atoms with Gasteiger partial charge in [0.25, 0.3) is 0 Å². The molecule has 0 aromatic carbocycles. The average Bonchev–Trinajstić information content (AvgIpc) is 2.87. The number of aromatic nitrogens is 2. The van der Waals surface area contributed by atoms with E-state index in [4.69, 9.17) is 4.74 Å². The van der Waals surface area contributed by atoms with Crippen LogP contribution in [0.1, 0.15) is 55.1 Å². The van der Waals surface area contributed by atoms with Crippen molar-refractivity contribution in [3.63, 3.8) is 0 Å². The van der Waals surface area contributed by atoms with Crippen molar-refractivity contribution in [2.75, 3.05) is 19.8 Å². The molecule has 1 fully saturated rings. The maximum atomic E-state index is 12.8. The molecule has 1 aromatic rings. The van der Waals surface area contributed by atoms with Crippen LogP contribution in [0, 0.1) is 13.8 Å². The number of hydrogen-bond donors (Lipinski definition) is 1. The first kappa shape index (κ1) is 15.3. The van der Waals surface area contributed by atoms with Gasteiger partial charge in [0.05, 0.1) is 24.9 Å². The van der Waals surface area contributed by atoms with Gasteiger partial charge in [-0.05, 0) is 39.5 Å². The van der Waals surface area contributed by atoms with E-state index < -0.39 is 0 Å². The zero-order valence-corrected chi connectivity index (χ0v) is 13.5. The molecule has 1 N–H and O–H groups in total. The van der Waals surface area contributed by atoms with Crippen molar-refractivity contribution in [3.8, 4) is 0 Å². The molecule has 1 atom stereocenters. The van der Waals surface area contributed by atoms with E-state index in [-0.39, 0.29) is 11.9 Å². The first-order valence-electron chi connectivity index (χ1n) is 8.23. The number of hydrogen-bond acceptors (Lipinski definition) is 3. The van der Waals surface area contributed by atoms with Crippen LogP contribution in [-0.2, 0) is 9.53 Å². The van der Waals surface area contributed by atoms with Crippen LogP contribution in [0.5, 0.6) is 0 Å². The largest absolute Gasteiger partial charge is 0.377 e. The Labute approximate surface area is 131 Å². The summed E-state index contributed by atoms with van der Waals surface area (Å²) < 4.78 is 5.64. The third kappa shape index (κ3) is 3.09. The predicted molar refractivity (Wildman–Crippen MR) is 84.5 cm³/mol. The summed E-state index contributed by atoms with van der Waals surface area (Å²) >= 11 is 0. The number of amides is 1. The maximum Gasteiger partial charge on any atom is 0.227 e. The molecule has 1 aromatic heterocycles. The summed E-state index contributed by atoms with van der Waals surface area (Å²) in [6.07, 6.45) is 7.48. The van der Waals surface area contributed by atoms with Crippen LogP contribution in [0.25, 0.3) is 0 Å². The van der Waals surface area contributed by atoms with E-state index in [1.165, 1.54) is 18.4 Å². The van der Waals surface area contributed by atoms with Crippen molar-refractivity contribution >= 4 is 5.91 Å². The lowest BCUT2D eigenvalue weighted by atomic mass is 9.96. The minimum absolute atomic E-state index is 0.0100. The lowest BCUT2D eigenvalue weighted by Gasteiger charge is -2.36. The molecule has 1 saturated heterocycles. The molecule has 1 unspecified atom stereocenters. The fourth-order valence-corrected chi connectivity index (χ4v) is 3.55. The van der Waals surface area contributed by atoms with Crippen molar-refractivity contribution in [3.05, 3.63) is 28.6 Å². The van der Waals surface area contributed by atoms with Crippen LogP contribution < -0.4 is 0 Å². The number of H-pyrrole nitrogens is 1. The van der Waals surface area contributed by atoms with Gasteiger partial charge < -0.3 is 9.64 Å². The molecule has 5 heteroatoms. The molecule has 2 aliphatic rings. The monoisotopic (exact) mass is 303 g/mol. The number of ether oxygens (including phenoxy) is 1. The molecule has 0 bridgehead atoms. The summed E-state index contributed by atoms with van der Waals surface area (Å²) in [6.45, 7) is 5.85. The zero-order chi connectivity index (χ0) is 15.5. The van der Waals surface area contributed by atoms with E-state index >= 15 is 0 Å². The average molecular weight is 303 g/mol. The Balaban J connectivity index is 1.77. The second-order valence-electron chi connectivity index (χ2n) is 6.31. The Morgan fingerprint density at radius 1 is 1.45 bits per heavy atom. The number of nitrogens with zero attached hydrogens (tertiary/aromatic N) is 2. The quantitative estimate of drug-likeness (QED) is 0.874. The summed E-state index contributed by atoms with van der Waals surface area (Å²) in [5.74, 6) is 0.224. The van der Waals surface area contributed by atoms with Crippen LogP contribution in [-0.4, -0.2) is 40.8 Å². The SMILES string of the molecule is Cc1n[nH]c(C)c1C1COCCN1C(=O)CC1=CCCCC1. The summed E-state index contributed by atoms with van der Waals surface area (Å²) in [4.78, 5) is 14.8. The number of aromatic amines is 1. The van der Waals surface area contributed by atoms with Crippen molar-refractivity contribution in [1.82, 2.24) is 15.1 Å². The molecule has 5 nitrogen and oxygen atoms in total. The predicted octanol–water partition coefficient (Wildman–Crippen LogP) is 2.82. The molecular formula is C17H25N3O2. The highest BCUT2D eigenvalue weighted by Gasteiger charge is 2.32. The van der Waals surface area contributed by atoms with Crippen LogP contribution >= 0.6 is 0 Å². The van der Waals surface area contributed by atoms with Crippen LogP contribution in [0.15, 0.2) is 11.6 Å². The van der Waals surface area contributed by atoms with E-state index in [1.807, 2.05) is 18.7 Å². The van der Waals surface area contributed by atoms with Gasteiger partial charge in [-0.15, -0.1) is 0 Å². The number of nitrogens with one attached hydrogen (secondary N) is 1. The maximum absolute atomic E-state index is 12.8. The normalized spacial score (nSPS) is 22.5. The van der Waals surface area contributed by atoms with Crippen molar-refractivity contribution in [2.24, 2.45) is 0 Å². The van der Waals surface area contributed by atoms with E-state index in [0.29, 0.717) is 26.2 Å². The van der Waals surface area contributed by atoms with Gasteiger partial charge in [0.2, 0.25) is 5.91 Å². The van der Waals surface area contributed by atoms with Gasteiger partial charge in [-0.3, -0.25) is 9.89 Å². The molecule has 1 amide bonds. The molecule has 22 heavy (non-hydrogen) atoms. The molecule has 0 radical (unpaired) electrons. The summed E-state index contributed by atoms with van der Waals surface area (Å²) in [5, 5.41) is 7.29. The zero-order valence-electron chi connectivity index (χ0n) is 13.5. The fourth-order valence-electron chi connectivity index (χ4n) is 3.55. The van der Waals surface area contributed by atoms with Crippen LogP contribution in [0.2, 0.25) is 0 Å². The molecular weight excluding hydrogens is 278 g/mol. The number of aryl methyl sites for hydroxylation is 2. The molecule has 3 rings (SSSR count). The molecule has 2 heterocycles. The van der Waals surface area contributed by atoms with Gasteiger partial charge in [-0.1, -0.05) is 11.6 Å². The van der Waals surface area contributed by atoms with E-state index in [9.17, 15) is 4.79 Å². The summed E-state index contributed by atoms with van der Waals surface area (Å²) in [6, 6.07) is -0.0100. The highest BCUT2D eigenvalue weighted by molar-refractivity contribution is 5.79. The third-order valence-electron chi connectivity index (χ3n) is 4.73. The number of carbonyl (C=O) groups is 1. The highest BCUT2D eigenvalue weighted by atomic mass is 16.5. The Hall–Kier alpha value is -1.62. The Morgan fingerprint density at radius 3 is 3.00 bits per heavy atom. The van der Waals surface area contributed by atoms with E-state index in [0.717, 1.165) is 29.8 Å². The smallest absolute Gasteiger partial charge is 0.227 e. The minimum atomic E-state index is -0.0100. The molecule has 0 saturated carbocycles. The molecule has 1 aliphatic carbocycles. The minimum Gasteiger partial charge on any atom is -0.377 e. The van der Waals surface area contributed by atoms with Crippen molar-refractivity contribution in [2.45, 2.75) is 52.0 Å². The highest BCUT2D eigenvalue weighted by Crippen LogP contribution is 2.30. The number of morpholine rings is 1. The Morgan fingerprint density at radius 2 is 2.32 bits per heavy atom. The van der Waals surface area contributed by atoms with Gasteiger partial charge in [0.15, 0.2) is 0 Å². The lowest BCUT2D eigenvalue weighted by molar-refractivity contribution is -0.139. The van der Waals surface area contributed by atoms with Crippen molar-refractivity contribution < 1.29 is 9.53 Å². The number of carbonyl (C=O) groups excluding carboxylic acids is 1. The summed E-state index contributed by atoms with van der Waals surface area (Å²) in [7, 11) is 0. The van der Waals surface area contributed by atoms with Gasteiger partial charge in [-0.2, -0.15) is 5.10 Å². The lowest BCUT2D eigenvalue weighted by Crippen LogP contribution is -2.43. The van der Waals surface area contributed by atoms with Gasteiger partial charge >= 0.3 is 0 Å². The van der Waals surface area contributed by atoms with Gasteiger partial charge in [0, 0.05) is 24.2 Å². The van der Waals surface area contributed by atoms with E-state index in [1.54, 1.807) is 0 Å². The third-order valence-corrected chi connectivity index (χ3v) is 4.73. The number of rotatable bonds is 3. The van der Waals surface area contributed by atoms with Crippen LogP contribution in [0.4, 0.5) is 0 Å². The summed E-state index contributed by atoms with van der Waals surface area (Å²) in [5.41, 5.74) is 4.41. The van der Waals surface area contributed by atoms with Crippen molar-refractivity contribution in [1.29, 1.82) is 0 Å².